The predicted molar refractivity (Wildman–Crippen MR) is 68.1 cm³/mol. The largest absolute Gasteiger partial charge is 0.337 e. The molecule has 0 aromatic heterocycles. The van der Waals surface area contributed by atoms with Gasteiger partial charge in [0, 0.05) is 24.5 Å². The van der Waals surface area contributed by atoms with Crippen LogP contribution in [0.15, 0.2) is 24.3 Å². The Balaban J connectivity index is 2.81. The van der Waals surface area contributed by atoms with E-state index in [1.807, 2.05) is 36.1 Å². The smallest absolute Gasteiger partial charge is 0.253 e. The van der Waals surface area contributed by atoms with Crippen LogP contribution in [0.2, 0.25) is 0 Å². The Morgan fingerprint density at radius 2 is 2.12 bits per heavy atom. The molecule has 88 valence electrons. The molecule has 0 bridgehead atoms. The summed E-state index contributed by atoms with van der Waals surface area (Å²) in [5.41, 5.74) is 1.85. The minimum Gasteiger partial charge on any atom is -0.337 e. The third-order valence-corrected chi connectivity index (χ3v) is 2.57. The molecular formula is C13H18ClNO. The zero-order valence-electron chi connectivity index (χ0n) is 9.87. The van der Waals surface area contributed by atoms with Crippen molar-refractivity contribution in [2.45, 2.75) is 20.3 Å². The quantitative estimate of drug-likeness (QED) is 0.724. The van der Waals surface area contributed by atoms with E-state index in [2.05, 4.69) is 6.92 Å². The summed E-state index contributed by atoms with van der Waals surface area (Å²) in [6.07, 6.45) is 0.953. The van der Waals surface area contributed by atoms with Gasteiger partial charge in [0.15, 0.2) is 0 Å². The second-order valence-corrected chi connectivity index (χ2v) is 4.23. The molecule has 0 aliphatic heterocycles. The van der Waals surface area contributed by atoms with Crippen LogP contribution in [0.3, 0.4) is 0 Å². The maximum Gasteiger partial charge on any atom is 0.253 e. The van der Waals surface area contributed by atoms with Gasteiger partial charge in [0.2, 0.25) is 0 Å². The van der Waals surface area contributed by atoms with E-state index < -0.39 is 0 Å². The first kappa shape index (κ1) is 13.0. The minimum atomic E-state index is 0.0752. The van der Waals surface area contributed by atoms with Crippen LogP contribution >= 0.6 is 11.6 Å². The molecule has 0 unspecified atom stereocenters. The SMILES string of the molecule is CCCN(CCCl)C(=O)c1cccc(C)c1. The number of alkyl halides is 1. The number of amides is 1. The van der Waals surface area contributed by atoms with Gasteiger partial charge >= 0.3 is 0 Å². The number of hydrogen-bond acceptors (Lipinski definition) is 1. The fourth-order valence-corrected chi connectivity index (χ4v) is 1.85. The maximum absolute atomic E-state index is 12.1. The Kier molecular flexibility index (Phi) is 5.33. The highest BCUT2D eigenvalue weighted by molar-refractivity contribution is 6.18. The molecule has 3 heteroatoms. The molecular weight excluding hydrogens is 222 g/mol. The summed E-state index contributed by atoms with van der Waals surface area (Å²) in [5.74, 6) is 0.559. The predicted octanol–water partition coefficient (Wildman–Crippen LogP) is 3.09. The summed E-state index contributed by atoms with van der Waals surface area (Å²) in [4.78, 5) is 14.0. The summed E-state index contributed by atoms with van der Waals surface area (Å²) in [6.45, 7) is 5.43. The third kappa shape index (κ3) is 3.53. The number of rotatable bonds is 5. The first-order valence-electron chi connectivity index (χ1n) is 5.61. The Labute approximate surface area is 102 Å². The van der Waals surface area contributed by atoms with Crippen molar-refractivity contribution < 1.29 is 4.79 Å². The van der Waals surface area contributed by atoms with Crippen LogP contribution in [0, 0.1) is 6.92 Å². The first-order valence-corrected chi connectivity index (χ1v) is 6.14. The van der Waals surface area contributed by atoms with Crippen molar-refractivity contribution in [3.63, 3.8) is 0 Å². The molecule has 1 aromatic carbocycles. The first-order chi connectivity index (χ1) is 7.69. The van der Waals surface area contributed by atoms with E-state index in [0.29, 0.717) is 12.4 Å². The molecule has 0 heterocycles. The van der Waals surface area contributed by atoms with E-state index in [4.69, 9.17) is 11.6 Å². The summed E-state index contributed by atoms with van der Waals surface area (Å²) in [6, 6.07) is 7.67. The van der Waals surface area contributed by atoms with E-state index in [0.717, 1.165) is 24.1 Å². The van der Waals surface area contributed by atoms with Crippen LogP contribution < -0.4 is 0 Å². The molecule has 1 aromatic rings. The monoisotopic (exact) mass is 239 g/mol. The normalized spacial score (nSPS) is 10.2. The number of nitrogens with zero attached hydrogens (tertiary/aromatic N) is 1. The van der Waals surface area contributed by atoms with Crippen molar-refractivity contribution in [3.8, 4) is 0 Å². The molecule has 0 saturated heterocycles. The number of carbonyl (C=O) groups excluding carboxylic acids is 1. The standard InChI is InChI=1S/C13H18ClNO/c1-3-8-15(9-7-14)13(16)12-6-4-5-11(2)10-12/h4-6,10H,3,7-9H2,1-2H3. The lowest BCUT2D eigenvalue weighted by Gasteiger charge is -2.21. The number of benzene rings is 1. The van der Waals surface area contributed by atoms with Crippen LogP contribution in [0.1, 0.15) is 29.3 Å². The van der Waals surface area contributed by atoms with Gasteiger partial charge < -0.3 is 4.90 Å². The van der Waals surface area contributed by atoms with E-state index in [9.17, 15) is 4.79 Å². The van der Waals surface area contributed by atoms with Gasteiger partial charge in [-0.3, -0.25) is 4.79 Å². The molecule has 2 nitrogen and oxygen atoms in total. The van der Waals surface area contributed by atoms with E-state index in [-0.39, 0.29) is 5.91 Å². The average molecular weight is 240 g/mol. The Hall–Kier alpha value is -1.02. The molecule has 0 atom stereocenters. The van der Waals surface area contributed by atoms with Crippen LogP contribution in [0.5, 0.6) is 0 Å². The molecule has 1 rings (SSSR count). The number of carbonyl (C=O) groups is 1. The van der Waals surface area contributed by atoms with Gasteiger partial charge in [0.05, 0.1) is 0 Å². The van der Waals surface area contributed by atoms with E-state index in [1.165, 1.54) is 0 Å². The maximum atomic E-state index is 12.1. The van der Waals surface area contributed by atoms with Gasteiger partial charge in [-0.2, -0.15) is 0 Å². The van der Waals surface area contributed by atoms with Crippen molar-refractivity contribution in [1.82, 2.24) is 4.90 Å². The molecule has 16 heavy (non-hydrogen) atoms. The van der Waals surface area contributed by atoms with Gasteiger partial charge in [-0.25, -0.2) is 0 Å². The molecule has 0 aliphatic rings. The van der Waals surface area contributed by atoms with Gasteiger partial charge in [-0.15, -0.1) is 11.6 Å². The fourth-order valence-electron chi connectivity index (χ4n) is 1.65. The summed E-state index contributed by atoms with van der Waals surface area (Å²) in [7, 11) is 0. The lowest BCUT2D eigenvalue weighted by molar-refractivity contribution is 0.0765. The summed E-state index contributed by atoms with van der Waals surface area (Å²) in [5, 5.41) is 0. The molecule has 0 fully saturated rings. The average Bonchev–Trinajstić information content (AvgIpc) is 2.28. The Morgan fingerprint density at radius 1 is 1.38 bits per heavy atom. The van der Waals surface area contributed by atoms with Crippen molar-refractivity contribution in [3.05, 3.63) is 35.4 Å². The number of hydrogen-bond donors (Lipinski definition) is 0. The van der Waals surface area contributed by atoms with Crippen LogP contribution in [-0.2, 0) is 0 Å². The van der Waals surface area contributed by atoms with E-state index in [1.54, 1.807) is 0 Å². The van der Waals surface area contributed by atoms with Crippen LogP contribution in [-0.4, -0.2) is 29.8 Å². The zero-order chi connectivity index (χ0) is 12.0. The van der Waals surface area contributed by atoms with Gasteiger partial charge in [0.25, 0.3) is 5.91 Å². The zero-order valence-corrected chi connectivity index (χ0v) is 10.6. The molecule has 0 N–H and O–H groups in total. The van der Waals surface area contributed by atoms with E-state index >= 15 is 0 Å². The molecule has 0 radical (unpaired) electrons. The Bertz CT molecular complexity index is 346. The number of aryl methyl sites for hydroxylation is 1. The third-order valence-electron chi connectivity index (χ3n) is 2.40. The van der Waals surface area contributed by atoms with Crippen LogP contribution in [0.4, 0.5) is 0 Å². The lowest BCUT2D eigenvalue weighted by atomic mass is 10.1. The summed E-state index contributed by atoms with van der Waals surface area (Å²) < 4.78 is 0. The summed E-state index contributed by atoms with van der Waals surface area (Å²) >= 11 is 5.70. The molecule has 0 aliphatic carbocycles. The second kappa shape index (κ2) is 6.54. The van der Waals surface area contributed by atoms with Crippen molar-refractivity contribution in [2.75, 3.05) is 19.0 Å². The van der Waals surface area contributed by atoms with Crippen LogP contribution in [0.25, 0.3) is 0 Å². The molecule has 1 amide bonds. The Morgan fingerprint density at radius 3 is 2.69 bits per heavy atom. The second-order valence-electron chi connectivity index (χ2n) is 3.85. The molecule has 0 saturated carbocycles. The molecule has 0 spiro atoms. The van der Waals surface area contributed by atoms with Crippen molar-refractivity contribution >= 4 is 17.5 Å². The number of halogens is 1. The van der Waals surface area contributed by atoms with Crippen molar-refractivity contribution in [1.29, 1.82) is 0 Å². The topological polar surface area (TPSA) is 20.3 Å². The van der Waals surface area contributed by atoms with Gasteiger partial charge in [-0.05, 0) is 25.5 Å². The minimum absolute atomic E-state index is 0.0752. The van der Waals surface area contributed by atoms with Crippen molar-refractivity contribution in [2.24, 2.45) is 0 Å². The highest BCUT2D eigenvalue weighted by atomic mass is 35.5. The van der Waals surface area contributed by atoms with Gasteiger partial charge in [-0.1, -0.05) is 24.6 Å². The highest BCUT2D eigenvalue weighted by Gasteiger charge is 2.13. The lowest BCUT2D eigenvalue weighted by Crippen LogP contribution is -2.33. The van der Waals surface area contributed by atoms with Gasteiger partial charge in [0.1, 0.15) is 0 Å². The highest BCUT2D eigenvalue weighted by Crippen LogP contribution is 2.08. The fraction of sp³-hybridized carbons (Fsp3) is 0.462.